The maximum absolute atomic E-state index is 13.7. The second kappa shape index (κ2) is 5.84. The Kier molecular flexibility index (Phi) is 3.90. The molecule has 0 fully saturated rings. The standard InChI is InChI=1S/C16H14ClFN2O/c17-13-2-1-3-14(18)15(13)16(21)20-12-5-4-10-6-7-19-9-11(10)8-12/h1-5,8,19H,6-7,9H2,(H,20,21). The molecule has 1 aliphatic rings. The molecule has 0 aliphatic carbocycles. The molecule has 1 heterocycles. The molecule has 21 heavy (non-hydrogen) atoms. The summed E-state index contributed by atoms with van der Waals surface area (Å²) in [7, 11) is 0. The first-order valence-corrected chi connectivity index (χ1v) is 7.11. The minimum absolute atomic E-state index is 0.104. The zero-order chi connectivity index (χ0) is 14.8. The van der Waals surface area contributed by atoms with Gasteiger partial charge in [0.15, 0.2) is 0 Å². The van der Waals surface area contributed by atoms with E-state index in [2.05, 4.69) is 10.6 Å². The number of halogens is 2. The number of anilines is 1. The van der Waals surface area contributed by atoms with E-state index in [9.17, 15) is 9.18 Å². The second-order valence-electron chi connectivity index (χ2n) is 4.96. The highest BCUT2D eigenvalue weighted by molar-refractivity contribution is 6.34. The molecule has 0 bridgehead atoms. The van der Waals surface area contributed by atoms with Crippen molar-refractivity contribution in [3.8, 4) is 0 Å². The Morgan fingerprint density at radius 2 is 2.10 bits per heavy atom. The molecule has 3 rings (SSSR count). The number of rotatable bonds is 2. The highest BCUT2D eigenvalue weighted by Gasteiger charge is 2.16. The van der Waals surface area contributed by atoms with Crippen LogP contribution in [0.5, 0.6) is 0 Å². The molecule has 2 aromatic rings. The van der Waals surface area contributed by atoms with Crippen molar-refractivity contribution in [1.29, 1.82) is 0 Å². The minimum atomic E-state index is -0.625. The van der Waals surface area contributed by atoms with E-state index in [0.717, 1.165) is 25.1 Å². The van der Waals surface area contributed by atoms with Crippen LogP contribution < -0.4 is 10.6 Å². The third kappa shape index (κ3) is 2.91. The van der Waals surface area contributed by atoms with Crippen molar-refractivity contribution >= 4 is 23.2 Å². The monoisotopic (exact) mass is 304 g/mol. The minimum Gasteiger partial charge on any atom is -0.322 e. The summed E-state index contributed by atoms with van der Waals surface area (Å²) in [5, 5.41) is 6.08. The Morgan fingerprint density at radius 3 is 2.90 bits per heavy atom. The van der Waals surface area contributed by atoms with E-state index in [4.69, 9.17) is 11.6 Å². The summed E-state index contributed by atoms with van der Waals surface area (Å²) in [6.45, 7) is 1.74. The summed E-state index contributed by atoms with van der Waals surface area (Å²) in [5.74, 6) is -1.17. The molecule has 2 aromatic carbocycles. The summed E-state index contributed by atoms with van der Waals surface area (Å²) in [6, 6.07) is 9.92. The fourth-order valence-corrected chi connectivity index (χ4v) is 2.72. The van der Waals surface area contributed by atoms with E-state index in [1.807, 2.05) is 18.2 Å². The number of nitrogens with one attached hydrogen (secondary N) is 2. The average molecular weight is 305 g/mol. The molecule has 2 N–H and O–H groups in total. The van der Waals surface area contributed by atoms with Crippen molar-refractivity contribution in [1.82, 2.24) is 5.32 Å². The van der Waals surface area contributed by atoms with E-state index < -0.39 is 11.7 Å². The van der Waals surface area contributed by atoms with Crippen LogP contribution in [-0.2, 0) is 13.0 Å². The van der Waals surface area contributed by atoms with Crippen LogP contribution in [0.25, 0.3) is 0 Å². The van der Waals surface area contributed by atoms with E-state index in [1.165, 1.54) is 23.8 Å². The van der Waals surface area contributed by atoms with Gasteiger partial charge in [-0.25, -0.2) is 4.39 Å². The highest BCUT2D eigenvalue weighted by Crippen LogP contribution is 2.22. The molecule has 0 aromatic heterocycles. The van der Waals surface area contributed by atoms with E-state index in [0.29, 0.717) is 5.69 Å². The second-order valence-corrected chi connectivity index (χ2v) is 5.37. The zero-order valence-electron chi connectivity index (χ0n) is 11.2. The van der Waals surface area contributed by atoms with Gasteiger partial charge in [-0.05, 0) is 48.4 Å². The molecule has 0 atom stereocenters. The topological polar surface area (TPSA) is 41.1 Å². The van der Waals surface area contributed by atoms with Crippen LogP contribution in [0.3, 0.4) is 0 Å². The van der Waals surface area contributed by atoms with Gasteiger partial charge >= 0.3 is 0 Å². The van der Waals surface area contributed by atoms with Crippen LogP contribution in [0.15, 0.2) is 36.4 Å². The normalized spacial score (nSPS) is 13.6. The van der Waals surface area contributed by atoms with Gasteiger partial charge < -0.3 is 10.6 Å². The Bertz CT molecular complexity index is 682. The van der Waals surface area contributed by atoms with Gasteiger partial charge in [-0.15, -0.1) is 0 Å². The number of carbonyl (C=O) groups excluding carboxylic acids is 1. The molecular formula is C16H14ClFN2O. The molecule has 5 heteroatoms. The molecule has 0 radical (unpaired) electrons. The van der Waals surface area contributed by atoms with Gasteiger partial charge in [0.25, 0.3) is 5.91 Å². The zero-order valence-corrected chi connectivity index (χ0v) is 12.0. The highest BCUT2D eigenvalue weighted by atomic mass is 35.5. The van der Waals surface area contributed by atoms with Gasteiger partial charge in [0.2, 0.25) is 0 Å². The van der Waals surface area contributed by atoms with Crippen molar-refractivity contribution in [2.45, 2.75) is 13.0 Å². The Morgan fingerprint density at radius 1 is 1.24 bits per heavy atom. The third-order valence-corrected chi connectivity index (χ3v) is 3.86. The number of hydrogen-bond acceptors (Lipinski definition) is 2. The Balaban J connectivity index is 1.85. The van der Waals surface area contributed by atoms with Crippen molar-refractivity contribution in [2.75, 3.05) is 11.9 Å². The summed E-state index contributed by atoms with van der Waals surface area (Å²) < 4.78 is 13.7. The maximum atomic E-state index is 13.7. The lowest BCUT2D eigenvalue weighted by molar-refractivity contribution is 0.102. The van der Waals surface area contributed by atoms with Crippen molar-refractivity contribution in [3.05, 3.63) is 63.9 Å². The van der Waals surface area contributed by atoms with Gasteiger partial charge in [0.1, 0.15) is 5.82 Å². The first-order valence-electron chi connectivity index (χ1n) is 6.73. The van der Waals surface area contributed by atoms with E-state index >= 15 is 0 Å². The smallest absolute Gasteiger partial charge is 0.260 e. The Labute approximate surface area is 127 Å². The van der Waals surface area contributed by atoms with Crippen LogP contribution in [0.4, 0.5) is 10.1 Å². The van der Waals surface area contributed by atoms with Gasteiger partial charge in [-0.1, -0.05) is 23.7 Å². The van der Waals surface area contributed by atoms with Crippen molar-refractivity contribution < 1.29 is 9.18 Å². The molecular weight excluding hydrogens is 291 g/mol. The molecule has 1 amide bonds. The van der Waals surface area contributed by atoms with Crippen LogP contribution >= 0.6 is 11.6 Å². The lowest BCUT2D eigenvalue weighted by Gasteiger charge is -2.18. The Hall–Kier alpha value is -1.91. The van der Waals surface area contributed by atoms with Gasteiger partial charge in [0, 0.05) is 12.2 Å². The maximum Gasteiger partial charge on any atom is 0.260 e. The molecule has 0 saturated heterocycles. The molecule has 108 valence electrons. The predicted molar refractivity (Wildman–Crippen MR) is 81.2 cm³/mol. The van der Waals surface area contributed by atoms with Gasteiger partial charge in [-0.2, -0.15) is 0 Å². The first kappa shape index (κ1) is 14.0. The molecule has 0 spiro atoms. The molecule has 0 unspecified atom stereocenters. The van der Waals surface area contributed by atoms with Crippen LogP contribution in [0.1, 0.15) is 21.5 Å². The molecule has 1 aliphatic heterocycles. The SMILES string of the molecule is O=C(Nc1ccc2c(c1)CNCC2)c1c(F)cccc1Cl. The summed E-state index contributed by atoms with van der Waals surface area (Å²) in [5.41, 5.74) is 2.94. The third-order valence-electron chi connectivity index (χ3n) is 3.54. The lowest BCUT2D eigenvalue weighted by Crippen LogP contribution is -2.24. The molecule has 3 nitrogen and oxygen atoms in total. The van der Waals surface area contributed by atoms with Gasteiger partial charge in [-0.3, -0.25) is 4.79 Å². The van der Waals surface area contributed by atoms with Crippen LogP contribution in [0.2, 0.25) is 5.02 Å². The predicted octanol–water partition coefficient (Wildman–Crippen LogP) is 3.38. The van der Waals surface area contributed by atoms with E-state index in [1.54, 1.807) is 0 Å². The summed E-state index contributed by atoms with van der Waals surface area (Å²) >= 11 is 5.90. The quantitative estimate of drug-likeness (QED) is 0.893. The van der Waals surface area contributed by atoms with Crippen LogP contribution in [-0.4, -0.2) is 12.5 Å². The van der Waals surface area contributed by atoms with Crippen molar-refractivity contribution in [3.63, 3.8) is 0 Å². The first-order chi connectivity index (χ1) is 10.1. The number of carbonyl (C=O) groups is 1. The average Bonchev–Trinajstić information content (AvgIpc) is 2.47. The number of fused-ring (bicyclic) bond motifs is 1. The lowest BCUT2D eigenvalue weighted by atomic mass is 10.0. The molecule has 0 saturated carbocycles. The summed E-state index contributed by atoms with van der Waals surface area (Å²) in [4.78, 5) is 12.2. The largest absolute Gasteiger partial charge is 0.322 e. The van der Waals surface area contributed by atoms with Crippen molar-refractivity contribution in [2.24, 2.45) is 0 Å². The van der Waals surface area contributed by atoms with Crippen LogP contribution in [0, 0.1) is 5.82 Å². The van der Waals surface area contributed by atoms with E-state index in [-0.39, 0.29) is 10.6 Å². The fraction of sp³-hybridized carbons (Fsp3) is 0.188. The fourth-order valence-electron chi connectivity index (χ4n) is 2.47. The number of benzene rings is 2. The number of amides is 1. The number of hydrogen-bond donors (Lipinski definition) is 2. The summed E-state index contributed by atoms with van der Waals surface area (Å²) in [6.07, 6.45) is 0.975. The van der Waals surface area contributed by atoms with Gasteiger partial charge in [0.05, 0.1) is 10.6 Å².